The van der Waals surface area contributed by atoms with Gasteiger partial charge in [0.15, 0.2) is 0 Å². The number of hydrogen-bond acceptors (Lipinski definition) is 1. The Morgan fingerprint density at radius 2 is 2.00 bits per heavy atom. The molecule has 1 rings (SSSR count). The number of carbonyl (C=O) groups is 1. The predicted octanol–water partition coefficient (Wildman–Crippen LogP) is 3.14. The fraction of sp³-hybridized carbons (Fsp3) is 0.222. The predicted molar refractivity (Wildman–Crippen MR) is 58.1 cm³/mol. The summed E-state index contributed by atoms with van der Waals surface area (Å²) in [4.78, 5) is 10.9. The Bertz CT molecular complexity index is 334. The van der Waals surface area contributed by atoms with E-state index in [1.54, 1.807) is 13.0 Å². The SMILES string of the molecule is CC(Br)(C(=O)O)c1ccccc1Br. The van der Waals surface area contributed by atoms with Crippen molar-refractivity contribution in [3.63, 3.8) is 0 Å². The molecule has 1 N–H and O–H groups in total. The minimum atomic E-state index is -1.03. The van der Waals surface area contributed by atoms with E-state index in [0.29, 0.717) is 5.56 Å². The van der Waals surface area contributed by atoms with Crippen LogP contribution in [0.1, 0.15) is 12.5 Å². The van der Waals surface area contributed by atoms with Gasteiger partial charge in [-0.25, -0.2) is 0 Å². The Morgan fingerprint density at radius 1 is 1.46 bits per heavy atom. The lowest BCUT2D eigenvalue weighted by atomic mass is 10.0. The van der Waals surface area contributed by atoms with Crippen LogP contribution in [0.5, 0.6) is 0 Å². The molecule has 2 nitrogen and oxygen atoms in total. The maximum Gasteiger partial charge on any atom is 0.324 e. The van der Waals surface area contributed by atoms with Gasteiger partial charge in [0.2, 0.25) is 0 Å². The standard InChI is InChI=1S/C9H8Br2O2/c1-9(11,8(12)13)6-4-2-3-5-7(6)10/h2-5H,1H3,(H,12,13). The van der Waals surface area contributed by atoms with E-state index in [2.05, 4.69) is 31.9 Å². The van der Waals surface area contributed by atoms with E-state index in [4.69, 9.17) is 5.11 Å². The number of carboxylic acid groups (broad SMARTS) is 1. The molecule has 0 radical (unpaired) electrons. The van der Waals surface area contributed by atoms with Crippen molar-refractivity contribution in [1.82, 2.24) is 0 Å². The lowest BCUT2D eigenvalue weighted by Gasteiger charge is -2.18. The van der Waals surface area contributed by atoms with E-state index in [1.807, 2.05) is 18.2 Å². The number of rotatable bonds is 2. The molecule has 0 aliphatic rings. The van der Waals surface area contributed by atoms with E-state index >= 15 is 0 Å². The van der Waals surface area contributed by atoms with Gasteiger partial charge in [-0.3, -0.25) is 4.79 Å². The molecule has 0 fully saturated rings. The van der Waals surface area contributed by atoms with Crippen LogP contribution in [-0.4, -0.2) is 11.1 Å². The van der Waals surface area contributed by atoms with Crippen LogP contribution in [0.15, 0.2) is 28.7 Å². The maximum atomic E-state index is 10.9. The molecule has 1 unspecified atom stereocenters. The molecule has 1 aromatic carbocycles. The van der Waals surface area contributed by atoms with Gasteiger partial charge in [-0.2, -0.15) is 0 Å². The Labute approximate surface area is 93.2 Å². The van der Waals surface area contributed by atoms with Crippen LogP contribution in [0.4, 0.5) is 0 Å². The third-order valence-corrected chi connectivity index (χ3v) is 3.24. The van der Waals surface area contributed by atoms with Crippen LogP contribution in [0.3, 0.4) is 0 Å². The third kappa shape index (κ3) is 2.11. The molecule has 4 heteroatoms. The van der Waals surface area contributed by atoms with Crippen LogP contribution in [0.25, 0.3) is 0 Å². The zero-order chi connectivity index (χ0) is 10.1. The van der Waals surface area contributed by atoms with E-state index in [9.17, 15) is 4.79 Å². The molecule has 0 aliphatic heterocycles. The summed E-state index contributed by atoms with van der Waals surface area (Å²) in [5.74, 6) is -0.903. The Hall–Kier alpha value is -0.350. The molecule has 0 saturated heterocycles. The maximum absolute atomic E-state index is 10.9. The molecule has 0 aromatic heterocycles. The first-order valence-corrected chi connectivity index (χ1v) is 5.22. The fourth-order valence-corrected chi connectivity index (χ4v) is 2.25. The van der Waals surface area contributed by atoms with E-state index < -0.39 is 10.3 Å². The molecular weight excluding hydrogens is 300 g/mol. The van der Waals surface area contributed by atoms with Crippen LogP contribution in [-0.2, 0) is 9.12 Å². The molecule has 1 atom stereocenters. The highest BCUT2D eigenvalue weighted by Crippen LogP contribution is 2.35. The highest BCUT2D eigenvalue weighted by atomic mass is 79.9. The topological polar surface area (TPSA) is 37.3 Å². The molecule has 0 bridgehead atoms. The molecule has 0 amide bonds. The summed E-state index contributed by atoms with van der Waals surface area (Å²) in [6, 6.07) is 7.24. The Kier molecular flexibility index (Phi) is 3.14. The van der Waals surface area contributed by atoms with Gasteiger partial charge in [0, 0.05) is 4.47 Å². The van der Waals surface area contributed by atoms with Crippen molar-refractivity contribution < 1.29 is 9.90 Å². The third-order valence-electron chi connectivity index (χ3n) is 1.78. The van der Waals surface area contributed by atoms with Gasteiger partial charge in [-0.05, 0) is 18.6 Å². The van der Waals surface area contributed by atoms with Gasteiger partial charge < -0.3 is 5.11 Å². The van der Waals surface area contributed by atoms with Gasteiger partial charge >= 0.3 is 5.97 Å². The number of aliphatic carboxylic acids is 1. The second-order valence-electron chi connectivity index (χ2n) is 2.79. The average molecular weight is 308 g/mol. The summed E-state index contributed by atoms with van der Waals surface area (Å²) in [7, 11) is 0. The van der Waals surface area contributed by atoms with Crippen molar-refractivity contribution in [2.24, 2.45) is 0 Å². The molecule has 13 heavy (non-hydrogen) atoms. The zero-order valence-electron chi connectivity index (χ0n) is 6.92. The second kappa shape index (κ2) is 3.80. The quantitative estimate of drug-likeness (QED) is 0.852. The number of alkyl halides is 1. The summed E-state index contributed by atoms with van der Waals surface area (Å²) in [6.45, 7) is 1.61. The first-order valence-electron chi connectivity index (χ1n) is 3.63. The Morgan fingerprint density at radius 3 is 2.46 bits per heavy atom. The van der Waals surface area contributed by atoms with Gasteiger partial charge in [0.1, 0.15) is 4.32 Å². The van der Waals surface area contributed by atoms with Gasteiger partial charge in [0.05, 0.1) is 0 Å². The molecule has 0 spiro atoms. The number of carboxylic acids is 1. The van der Waals surface area contributed by atoms with Crippen molar-refractivity contribution in [3.8, 4) is 0 Å². The van der Waals surface area contributed by atoms with E-state index in [-0.39, 0.29) is 0 Å². The van der Waals surface area contributed by atoms with E-state index in [0.717, 1.165) is 4.47 Å². The summed E-state index contributed by atoms with van der Waals surface area (Å²) in [5.41, 5.74) is 0.711. The zero-order valence-corrected chi connectivity index (χ0v) is 10.1. The average Bonchev–Trinajstić information content (AvgIpc) is 2.04. The molecule has 0 saturated carbocycles. The van der Waals surface area contributed by atoms with Crippen molar-refractivity contribution >= 4 is 37.8 Å². The lowest BCUT2D eigenvalue weighted by molar-refractivity contribution is -0.139. The minimum Gasteiger partial charge on any atom is -0.480 e. The molecule has 1 aromatic rings. The van der Waals surface area contributed by atoms with Crippen LogP contribution < -0.4 is 0 Å². The summed E-state index contributed by atoms with van der Waals surface area (Å²) in [5, 5.41) is 8.95. The van der Waals surface area contributed by atoms with Gasteiger partial charge in [-0.15, -0.1) is 0 Å². The number of benzene rings is 1. The molecule has 0 heterocycles. The summed E-state index contributed by atoms with van der Waals surface area (Å²) >= 11 is 6.48. The van der Waals surface area contributed by atoms with Gasteiger partial charge in [-0.1, -0.05) is 50.1 Å². The first kappa shape index (κ1) is 10.7. The normalized spacial score (nSPS) is 15.0. The van der Waals surface area contributed by atoms with Crippen molar-refractivity contribution in [1.29, 1.82) is 0 Å². The summed E-state index contributed by atoms with van der Waals surface area (Å²) < 4.78 is -0.246. The minimum absolute atomic E-state index is 0.711. The highest BCUT2D eigenvalue weighted by Gasteiger charge is 2.33. The fourth-order valence-electron chi connectivity index (χ4n) is 0.957. The van der Waals surface area contributed by atoms with Gasteiger partial charge in [0.25, 0.3) is 0 Å². The monoisotopic (exact) mass is 306 g/mol. The number of hydrogen-bond donors (Lipinski definition) is 1. The van der Waals surface area contributed by atoms with Crippen molar-refractivity contribution in [2.75, 3.05) is 0 Å². The molecule has 0 aliphatic carbocycles. The largest absolute Gasteiger partial charge is 0.480 e. The molecular formula is C9H8Br2O2. The molecule has 70 valence electrons. The second-order valence-corrected chi connectivity index (χ2v) is 5.23. The first-order chi connectivity index (χ1) is 5.96. The van der Waals surface area contributed by atoms with Crippen molar-refractivity contribution in [2.45, 2.75) is 11.2 Å². The summed E-state index contributed by atoms with van der Waals surface area (Å²) in [6.07, 6.45) is 0. The number of halogens is 2. The Balaban J connectivity index is 3.22. The van der Waals surface area contributed by atoms with Crippen LogP contribution in [0, 0.1) is 0 Å². The van der Waals surface area contributed by atoms with Crippen LogP contribution >= 0.6 is 31.9 Å². The lowest BCUT2D eigenvalue weighted by Crippen LogP contribution is -2.25. The van der Waals surface area contributed by atoms with Crippen molar-refractivity contribution in [3.05, 3.63) is 34.3 Å². The van der Waals surface area contributed by atoms with Crippen LogP contribution in [0.2, 0.25) is 0 Å². The van der Waals surface area contributed by atoms with E-state index in [1.165, 1.54) is 0 Å². The smallest absolute Gasteiger partial charge is 0.324 e. The highest BCUT2D eigenvalue weighted by molar-refractivity contribution is 9.11.